The molecule has 0 saturated carbocycles. The lowest BCUT2D eigenvalue weighted by Crippen LogP contribution is -1.91. The zero-order chi connectivity index (χ0) is 17.3. The van der Waals surface area contributed by atoms with E-state index in [1.807, 2.05) is 22.9 Å². The Kier molecular flexibility index (Phi) is 3.39. The van der Waals surface area contributed by atoms with Crippen LogP contribution in [0.5, 0.6) is 0 Å². The highest BCUT2D eigenvalue weighted by Gasteiger charge is 2.05. The van der Waals surface area contributed by atoms with E-state index in [-0.39, 0.29) is 0 Å². The van der Waals surface area contributed by atoms with E-state index in [2.05, 4.69) is 82.0 Å². The predicted molar refractivity (Wildman–Crippen MR) is 106 cm³/mol. The summed E-state index contributed by atoms with van der Waals surface area (Å²) in [6, 6.07) is 24.9. The first-order valence-electron chi connectivity index (χ1n) is 8.52. The van der Waals surface area contributed by atoms with Crippen LogP contribution in [0.3, 0.4) is 0 Å². The largest absolute Gasteiger partial charge is 0.355 e. The summed E-state index contributed by atoms with van der Waals surface area (Å²) >= 11 is 0. The van der Waals surface area contributed by atoms with Crippen molar-refractivity contribution in [1.29, 1.82) is 0 Å². The molecule has 5 aromatic rings. The number of benzene rings is 3. The lowest BCUT2D eigenvalue weighted by molar-refractivity contribution is 1.11. The topological polar surface area (TPSA) is 42.2 Å². The zero-order valence-electron chi connectivity index (χ0n) is 14.0. The van der Waals surface area contributed by atoms with Crippen LogP contribution in [0.2, 0.25) is 0 Å². The van der Waals surface area contributed by atoms with E-state index in [1.54, 1.807) is 6.20 Å². The van der Waals surface area contributed by atoms with Crippen LogP contribution in [0.4, 0.5) is 11.4 Å². The van der Waals surface area contributed by atoms with Crippen LogP contribution in [0.15, 0.2) is 91.4 Å². The quantitative estimate of drug-likeness (QED) is 0.486. The van der Waals surface area contributed by atoms with E-state index in [0.29, 0.717) is 5.78 Å². The lowest BCUT2D eigenvalue weighted by atomic mass is 10.1. The van der Waals surface area contributed by atoms with Crippen molar-refractivity contribution < 1.29 is 0 Å². The Morgan fingerprint density at radius 1 is 0.808 bits per heavy atom. The molecule has 124 valence electrons. The van der Waals surface area contributed by atoms with E-state index in [1.165, 1.54) is 10.8 Å². The van der Waals surface area contributed by atoms with Crippen molar-refractivity contribution in [2.24, 2.45) is 0 Å². The lowest BCUT2D eigenvalue weighted by Gasteiger charge is -2.10. The fraction of sp³-hybridized carbons (Fsp3) is 0. The minimum Gasteiger partial charge on any atom is -0.355 e. The number of nitrogens with zero attached hydrogens (tertiary/aromatic N) is 3. The summed E-state index contributed by atoms with van der Waals surface area (Å²) < 4.78 is 1.93. The first-order chi connectivity index (χ1) is 12.9. The molecule has 0 bridgehead atoms. The molecule has 0 saturated heterocycles. The Balaban J connectivity index is 1.46. The van der Waals surface area contributed by atoms with E-state index >= 15 is 0 Å². The number of fused-ring (bicyclic) bond motifs is 2. The van der Waals surface area contributed by atoms with Crippen LogP contribution in [0.1, 0.15) is 0 Å². The zero-order valence-corrected chi connectivity index (χ0v) is 14.0. The summed E-state index contributed by atoms with van der Waals surface area (Å²) in [6.07, 6.45) is 5.70. The molecule has 26 heavy (non-hydrogen) atoms. The van der Waals surface area contributed by atoms with Gasteiger partial charge in [0.25, 0.3) is 0 Å². The van der Waals surface area contributed by atoms with Crippen molar-refractivity contribution in [3.63, 3.8) is 0 Å². The van der Waals surface area contributed by atoms with Crippen molar-refractivity contribution >= 4 is 27.9 Å². The molecule has 5 rings (SSSR count). The second-order valence-electron chi connectivity index (χ2n) is 6.18. The molecule has 4 nitrogen and oxygen atoms in total. The minimum atomic E-state index is 0.709. The molecular weight excluding hydrogens is 320 g/mol. The first-order valence-corrected chi connectivity index (χ1v) is 8.52. The molecule has 1 N–H and O–H groups in total. The van der Waals surface area contributed by atoms with Crippen LogP contribution in [-0.2, 0) is 0 Å². The van der Waals surface area contributed by atoms with Gasteiger partial charge in [0.05, 0.1) is 5.69 Å². The summed E-state index contributed by atoms with van der Waals surface area (Å²) in [5.41, 5.74) is 4.14. The number of imidazole rings is 1. The van der Waals surface area contributed by atoms with E-state index in [4.69, 9.17) is 0 Å². The molecule has 2 aromatic heterocycles. The van der Waals surface area contributed by atoms with Gasteiger partial charge in [-0.2, -0.15) is 0 Å². The SMILES string of the molecule is c1ccc2c(Nc3ccc(-c4cn5cccnc5n4)cc3)cccc2c1. The second kappa shape index (κ2) is 6.01. The Labute approximate surface area is 150 Å². The molecule has 0 amide bonds. The molecule has 0 radical (unpaired) electrons. The van der Waals surface area contributed by atoms with Gasteiger partial charge in [-0.25, -0.2) is 9.97 Å². The number of hydrogen-bond donors (Lipinski definition) is 1. The molecule has 0 atom stereocenters. The fourth-order valence-corrected chi connectivity index (χ4v) is 3.18. The summed E-state index contributed by atoms with van der Waals surface area (Å²) in [6.45, 7) is 0. The first kappa shape index (κ1) is 14.7. The number of anilines is 2. The van der Waals surface area contributed by atoms with Crippen LogP contribution >= 0.6 is 0 Å². The molecular formula is C22H16N4. The third-order valence-electron chi connectivity index (χ3n) is 4.48. The third-order valence-corrected chi connectivity index (χ3v) is 4.48. The van der Waals surface area contributed by atoms with Gasteiger partial charge in [0, 0.05) is 40.9 Å². The molecule has 0 aliphatic rings. The molecule has 0 aliphatic heterocycles. The summed E-state index contributed by atoms with van der Waals surface area (Å²) in [5.74, 6) is 0.709. The van der Waals surface area contributed by atoms with Crippen LogP contribution in [0.25, 0.3) is 27.8 Å². The van der Waals surface area contributed by atoms with Gasteiger partial charge < -0.3 is 5.32 Å². The normalized spacial score (nSPS) is 11.1. The molecule has 0 aliphatic carbocycles. The van der Waals surface area contributed by atoms with Gasteiger partial charge in [0.2, 0.25) is 5.78 Å². The average molecular weight is 336 g/mol. The maximum absolute atomic E-state index is 4.57. The Morgan fingerprint density at radius 3 is 2.54 bits per heavy atom. The molecule has 0 fully saturated rings. The molecule has 0 unspecified atom stereocenters. The van der Waals surface area contributed by atoms with Crippen LogP contribution in [0, 0.1) is 0 Å². The van der Waals surface area contributed by atoms with Gasteiger partial charge in [-0.15, -0.1) is 0 Å². The van der Waals surface area contributed by atoms with Gasteiger partial charge in [0.15, 0.2) is 0 Å². The summed E-state index contributed by atoms with van der Waals surface area (Å²) in [5, 5.41) is 5.96. The predicted octanol–water partition coefficient (Wildman–Crippen LogP) is 5.29. The molecule has 0 spiro atoms. The van der Waals surface area contributed by atoms with Crippen molar-refractivity contribution in [2.45, 2.75) is 0 Å². The van der Waals surface area contributed by atoms with Gasteiger partial charge in [-0.3, -0.25) is 4.40 Å². The van der Waals surface area contributed by atoms with Crippen LogP contribution in [-0.4, -0.2) is 14.4 Å². The molecule has 2 heterocycles. The van der Waals surface area contributed by atoms with Crippen molar-refractivity contribution in [2.75, 3.05) is 5.32 Å². The number of hydrogen-bond acceptors (Lipinski definition) is 3. The Bertz CT molecular complexity index is 1170. The van der Waals surface area contributed by atoms with Gasteiger partial charge in [-0.05, 0) is 29.7 Å². The number of rotatable bonds is 3. The monoisotopic (exact) mass is 336 g/mol. The van der Waals surface area contributed by atoms with Gasteiger partial charge in [0.1, 0.15) is 0 Å². The Morgan fingerprint density at radius 2 is 1.65 bits per heavy atom. The maximum Gasteiger partial charge on any atom is 0.234 e. The van der Waals surface area contributed by atoms with Crippen molar-refractivity contribution in [3.05, 3.63) is 91.4 Å². The van der Waals surface area contributed by atoms with Crippen molar-refractivity contribution in [1.82, 2.24) is 14.4 Å². The molecule has 4 heteroatoms. The third kappa shape index (κ3) is 2.58. The van der Waals surface area contributed by atoms with Crippen LogP contribution < -0.4 is 5.32 Å². The van der Waals surface area contributed by atoms with Gasteiger partial charge >= 0.3 is 0 Å². The summed E-state index contributed by atoms with van der Waals surface area (Å²) in [4.78, 5) is 8.84. The average Bonchev–Trinajstić information content (AvgIpc) is 3.13. The van der Waals surface area contributed by atoms with E-state index in [0.717, 1.165) is 22.6 Å². The smallest absolute Gasteiger partial charge is 0.234 e. The van der Waals surface area contributed by atoms with E-state index < -0.39 is 0 Å². The minimum absolute atomic E-state index is 0.709. The molecule has 3 aromatic carbocycles. The highest BCUT2D eigenvalue weighted by atomic mass is 15.1. The van der Waals surface area contributed by atoms with E-state index in [9.17, 15) is 0 Å². The van der Waals surface area contributed by atoms with Crippen molar-refractivity contribution in [3.8, 4) is 11.3 Å². The highest BCUT2D eigenvalue weighted by Crippen LogP contribution is 2.27. The standard InChI is InChI=1S/C22H16N4/c1-2-7-19-16(5-1)6-3-8-20(19)24-18-11-9-17(10-12-18)21-15-26-14-4-13-23-22(26)25-21/h1-15,24H. The maximum atomic E-state index is 4.57. The van der Waals surface area contributed by atoms with Gasteiger partial charge in [-0.1, -0.05) is 48.5 Å². The second-order valence-corrected chi connectivity index (χ2v) is 6.18. The fourth-order valence-electron chi connectivity index (χ4n) is 3.18. The number of aromatic nitrogens is 3. The highest BCUT2D eigenvalue weighted by molar-refractivity contribution is 5.95. The summed E-state index contributed by atoms with van der Waals surface area (Å²) in [7, 11) is 0. The number of nitrogens with one attached hydrogen (secondary N) is 1. The Hall–Kier alpha value is -3.66.